The van der Waals surface area contributed by atoms with Crippen LogP contribution in [0, 0.1) is 27.7 Å². The Bertz CT molecular complexity index is 4390. The summed E-state index contributed by atoms with van der Waals surface area (Å²) in [6, 6.07) is 85.8. The molecule has 0 saturated carbocycles. The van der Waals surface area contributed by atoms with Gasteiger partial charge >= 0.3 is 0 Å². The molecule has 78 heavy (non-hydrogen) atoms. The number of rotatable bonds is 6. The van der Waals surface area contributed by atoms with Crippen LogP contribution >= 0.6 is 0 Å². The summed E-state index contributed by atoms with van der Waals surface area (Å²) < 4.78 is 0. The first-order valence-corrected chi connectivity index (χ1v) is 27.7. The van der Waals surface area contributed by atoms with Gasteiger partial charge in [-0.15, -0.1) is 0 Å². The van der Waals surface area contributed by atoms with E-state index in [0.29, 0.717) is 0 Å². The maximum absolute atomic E-state index is 2.49. The molecule has 0 bridgehead atoms. The Kier molecular flexibility index (Phi) is 10.8. The number of para-hydroxylation sites is 2. The molecule has 16 rings (SSSR count). The first kappa shape index (κ1) is 46.1. The zero-order valence-corrected chi connectivity index (χ0v) is 44.7. The van der Waals surface area contributed by atoms with Crippen molar-refractivity contribution in [3.63, 3.8) is 0 Å². The fraction of sp³-hybridized carbons (Fsp3) is 0.105. The zero-order chi connectivity index (χ0) is 52.2. The Balaban J connectivity index is 0.000000136. The van der Waals surface area contributed by atoms with Gasteiger partial charge in [0.05, 0.1) is 5.69 Å². The van der Waals surface area contributed by atoms with E-state index in [1.807, 2.05) is 0 Å². The molecule has 0 aliphatic heterocycles. The van der Waals surface area contributed by atoms with Gasteiger partial charge in [-0.3, -0.25) is 0 Å². The normalized spacial score (nSPS) is 12.7. The minimum absolute atomic E-state index is 0.966. The van der Waals surface area contributed by atoms with Gasteiger partial charge in [0.15, 0.2) is 0 Å². The van der Waals surface area contributed by atoms with Crippen LogP contribution in [-0.4, -0.2) is 0 Å². The van der Waals surface area contributed by atoms with Crippen molar-refractivity contribution in [1.82, 2.24) is 0 Å². The molecule has 2 nitrogen and oxygen atoms in total. The number of benzene rings is 12. The number of fused-ring (bicyclic) bond motifs is 16. The molecule has 0 atom stereocenters. The van der Waals surface area contributed by atoms with Crippen LogP contribution in [0.5, 0.6) is 0 Å². The molecule has 0 aromatic heterocycles. The third-order valence-corrected chi connectivity index (χ3v) is 17.2. The average Bonchev–Trinajstić information content (AvgIpc) is 4.27. The molecule has 4 aliphatic rings. The summed E-state index contributed by atoms with van der Waals surface area (Å²) in [5.41, 5.74) is 35.3. The van der Waals surface area contributed by atoms with E-state index in [1.165, 1.54) is 167 Å². The summed E-state index contributed by atoms with van der Waals surface area (Å²) >= 11 is 0. The minimum atomic E-state index is 0.966. The van der Waals surface area contributed by atoms with Gasteiger partial charge in [0.25, 0.3) is 0 Å². The Labute approximate surface area is 458 Å². The number of hydrogen-bond acceptors (Lipinski definition) is 2. The lowest BCUT2D eigenvalue weighted by atomic mass is 9.93. The standard InChI is InChI=1S/2C38H29N/c1-24-12-15-31(16-13-24)39(30-8-4-3-5-9-30)37-23-29-20-28-21-35-27(19-26-18-25(2)14-17-32(26)35)22-36(28)38(29)34-11-7-6-10-33(34)37;1-24-12-14-31(15-13-24)39(30-8-4-3-5-9-30)32-16-17-34-26(21-32)19-27-23-37-28(22-36(27)34)20-29-18-25(2)33-10-6-7-11-35(33)38(29)37/h2*3-18,21-23H,19-20H2,1-2H3. The smallest absolute Gasteiger partial charge is 0.0543 e. The Morgan fingerprint density at radius 3 is 1.22 bits per heavy atom. The SMILES string of the molecule is Cc1ccc(N(c2ccccc2)c2cc3c(c4ccccc24)-c2cc4c(cc2C3)-c2ccc(C)cc2C4)cc1.Cc1ccc(N(c2ccccc2)c2ccc3c(c2)Cc2cc4c(cc2-3)Cc2cc(C)c3ccccc3c2-4)cc1. The van der Waals surface area contributed by atoms with Crippen molar-refractivity contribution in [2.45, 2.75) is 53.4 Å². The predicted octanol–water partition coefficient (Wildman–Crippen LogP) is 20.1. The molecule has 0 saturated heterocycles. The maximum Gasteiger partial charge on any atom is 0.0543 e. The van der Waals surface area contributed by atoms with Crippen molar-refractivity contribution in [3.8, 4) is 44.5 Å². The van der Waals surface area contributed by atoms with Crippen molar-refractivity contribution in [1.29, 1.82) is 0 Å². The van der Waals surface area contributed by atoms with E-state index in [1.54, 1.807) is 0 Å². The molecule has 0 unspecified atom stereocenters. The van der Waals surface area contributed by atoms with Gasteiger partial charge < -0.3 is 9.80 Å². The van der Waals surface area contributed by atoms with E-state index >= 15 is 0 Å². The monoisotopic (exact) mass is 998 g/mol. The van der Waals surface area contributed by atoms with Crippen molar-refractivity contribution in [3.05, 3.63) is 297 Å². The lowest BCUT2D eigenvalue weighted by Gasteiger charge is -2.28. The van der Waals surface area contributed by atoms with Gasteiger partial charge in [-0.2, -0.15) is 0 Å². The first-order chi connectivity index (χ1) is 38.3. The molecule has 0 fully saturated rings. The first-order valence-electron chi connectivity index (χ1n) is 27.7. The molecule has 12 aromatic rings. The highest BCUT2D eigenvalue weighted by Crippen LogP contribution is 2.52. The Morgan fingerprint density at radius 2 is 0.628 bits per heavy atom. The largest absolute Gasteiger partial charge is 0.310 e. The van der Waals surface area contributed by atoms with Gasteiger partial charge in [-0.1, -0.05) is 156 Å². The van der Waals surface area contributed by atoms with Crippen molar-refractivity contribution in [2.24, 2.45) is 0 Å². The fourth-order valence-electron chi connectivity index (χ4n) is 13.6. The van der Waals surface area contributed by atoms with Crippen LogP contribution in [0.1, 0.15) is 66.8 Å². The second-order valence-corrected chi connectivity index (χ2v) is 22.3. The quantitative estimate of drug-likeness (QED) is 0.164. The van der Waals surface area contributed by atoms with E-state index < -0.39 is 0 Å². The average molecular weight is 999 g/mol. The summed E-state index contributed by atoms with van der Waals surface area (Å²) in [6.07, 6.45) is 3.99. The second-order valence-electron chi connectivity index (χ2n) is 22.3. The second kappa shape index (κ2) is 18.2. The molecule has 12 aromatic carbocycles. The van der Waals surface area contributed by atoms with Crippen LogP contribution < -0.4 is 9.80 Å². The molecular formula is C76H58N2. The van der Waals surface area contributed by atoms with Crippen molar-refractivity contribution < 1.29 is 0 Å². The number of hydrogen-bond donors (Lipinski definition) is 0. The molecule has 4 aliphatic carbocycles. The summed E-state index contributed by atoms with van der Waals surface area (Å²) in [4.78, 5) is 4.79. The highest BCUT2D eigenvalue weighted by molar-refractivity contribution is 6.10. The third kappa shape index (κ3) is 7.61. The third-order valence-electron chi connectivity index (χ3n) is 17.2. The van der Waals surface area contributed by atoms with E-state index in [-0.39, 0.29) is 0 Å². The predicted molar refractivity (Wildman–Crippen MR) is 329 cm³/mol. The van der Waals surface area contributed by atoms with Gasteiger partial charge in [0.2, 0.25) is 0 Å². The van der Waals surface area contributed by atoms with Crippen LogP contribution in [0.25, 0.3) is 66.1 Å². The molecule has 0 radical (unpaired) electrons. The van der Waals surface area contributed by atoms with Gasteiger partial charge in [0, 0.05) is 33.8 Å². The molecule has 0 spiro atoms. The Hall–Kier alpha value is -9.24. The number of anilines is 6. The van der Waals surface area contributed by atoms with Gasteiger partial charge in [-0.05, 0) is 255 Å². The van der Waals surface area contributed by atoms with Crippen LogP contribution in [0.3, 0.4) is 0 Å². The van der Waals surface area contributed by atoms with Crippen molar-refractivity contribution >= 4 is 55.7 Å². The van der Waals surface area contributed by atoms with Crippen LogP contribution in [0.2, 0.25) is 0 Å². The zero-order valence-electron chi connectivity index (χ0n) is 44.7. The van der Waals surface area contributed by atoms with E-state index in [2.05, 4.69) is 268 Å². The molecule has 372 valence electrons. The summed E-state index contributed by atoms with van der Waals surface area (Å²) in [7, 11) is 0. The molecule has 0 amide bonds. The highest BCUT2D eigenvalue weighted by Gasteiger charge is 2.31. The lowest BCUT2D eigenvalue weighted by Crippen LogP contribution is -2.11. The molecular weight excluding hydrogens is 941 g/mol. The number of nitrogens with zero attached hydrogens (tertiary/aromatic N) is 2. The van der Waals surface area contributed by atoms with Crippen molar-refractivity contribution in [2.75, 3.05) is 9.80 Å². The topological polar surface area (TPSA) is 6.48 Å². The Morgan fingerprint density at radius 1 is 0.244 bits per heavy atom. The fourth-order valence-corrected chi connectivity index (χ4v) is 13.6. The molecule has 2 heteroatoms. The van der Waals surface area contributed by atoms with E-state index in [4.69, 9.17) is 0 Å². The lowest BCUT2D eigenvalue weighted by molar-refractivity contribution is 1.22. The van der Waals surface area contributed by atoms with E-state index in [0.717, 1.165) is 25.7 Å². The van der Waals surface area contributed by atoms with Gasteiger partial charge in [-0.25, -0.2) is 0 Å². The summed E-state index contributed by atoms with van der Waals surface area (Å²) in [5.74, 6) is 0. The molecule has 0 heterocycles. The van der Waals surface area contributed by atoms with E-state index in [9.17, 15) is 0 Å². The van der Waals surface area contributed by atoms with Gasteiger partial charge in [0.1, 0.15) is 0 Å². The van der Waals surface area contributed by atoms with Crippen LogP contribution in [-0.2, 0) is 25.7 Å². The molecule has 0 N–H and O–H groups in total. The summed E-state index contributed by atoms with van der Waals surface area (Å²) in [5, 5.41) is 5.38. The van der Waals surface area contributed by atoms with Crippen LogP contribution in [0.15, 0.2) is 231 Å². The number of aryl methyl sites for hydroxylation is 4. The van der Waals surface area contributed by atoms with Crippen LogP contribution in [0.4, 0.5) is 34.1 Å². The maximum atomic E-state index is 2.49. The minimum Gasteiger partial charge on any atom is -0.310 e. The summed E-state index contributed by atoms with van der Waals surface area (Å²) in [6.45, 7) is 8.73. The highest BCUT2D eigenvalue weighted by atomic mass is 15.1.